The van der Waals surface area contributed by atoms with Crippen LogP contribution < -0.4 is 0 Å². The van der Waals surface area contributed by atoms with Gasteiger partial charge in [-0.15, -0.1) is 0 Å². The average molecular weight is 365 g/mol. The van der Waals surface area contributed by atoms with Crippen molar-refractivity contribution in [2.24, 2.45) is 23.7 Å². The summed E-state index contributed by atoms with van der Waals surface area (Å²) in [5.41, 5.74) is 0. The van der Waals surface area contributed by atoms with Crippen LogP contribution in [0.15, 0.2) is 0 Å². The lowest BCUT2D eigenvalue weighted by molar-refractivity contribution is -0.390. The van der Waals surface area contributed by atoms with Gasteiger partial charge in [-0.1, -0.05) is 0 Å². The van der Waals surface area contributed by atoms with Crippen LogP contribution in [0.25, 0.3) is 0 Å². The van der Waals surface area contributed by atoms with Crippen LogP contribution in [0.3, 0.4) is 0 Å². The zero-order valence-corrected chi connectivity index (χ0v) is 15.3. The second-order valence-corrected chi connectivity index (χ2v) is 8.87. The van der Waals surface area contributed by atoms with Crippen molar-refractivity contribution in [2.45, 2.75) is 63.4 Å². The van der Waals surface area contributed by atoms with Gasteiger partial charge in [0, 0.05) is 44.7 Å². The summed E-state index contributed by atoms with van der Waals surface area (Å²) >= 11 is 0. The second kappa shape index (κ2) is 5.91. The Morgan fingerprint density at radius 1 is 1.00 bits per heavy atom. The third-order valence-electron chi connectivity index (χ3n) is 7.22. The molecular weight excluding hydrogens is 338 g/mol. The molecule has 26 heavy (non-hydrogen) atoms. The third-order valence-corrected chi connectivity index (χ3v) is 7.22. The number of hydrogen-bond donors (Lipinski definition) is 0. The molecule has 0 radical (unpaired) electrons. The molecule has 0 unspecified atom stereocenters. The van der Waals surface area contributed by atoms with E-state index in [0.29, 0.717) is 37.8 Å². The number of piperidine rings is 1. The van der Waals surface area contributed by atoms with E-state index >= 15 is 0 Å². The first-order valence-electron chi connectivity index (χ1n) is 9.96. The predicted octanol–water partition coefficient (Wildman–Crippen LogP) is 2.00. The minimum Gasteiger partial charge on any atom is -0.456 e. The Kier molecular flexibility index (Phi) is 3.85. The Labute approximate surface area is 153 Å². The zero-order chi connectivity index (χ0) is 17.9. The molecule has 6 aliphatic rings. The summed E-state index contributed by atoms with van der Waals surface area (Å²) in [6.45, 7) is 2.16. The van der Waals surface area contributed by atoms with Crippen LogP contribution in [-0.2, 0) is 28.8 Å². The second-order valence-electron chi connectivity index (χ2n) is 8.87. The maximum Gasteiger partial charge on any atom is 0.303 e. The highest BCUT2D eigenvalue weighted by Crippen LogP contribution is 2.63. The van der Waals surface area contributed by atoms with Crippen molar-refractivity contribution in [1.82, 2.24) is 4.90 Å². The highest BCUT2D eigenvalue weighted by molar-refractivity contribution is 5.80. The highest BCUT2D eigenvalue weighted by atomic mass is 17.3. The molecule has 4 bridgehead atoms. The Morgan fingerprint density at radius 3 is 2.19 bits per heavy atom. The maximum absolute atomic E-state index is 12.1. The van der Waals surface area contributed by atoms with E-state index in [1.54, 1.807) is 4.90 Å². The van der Waals surface area contributed by atoms with Gasteiger partial charge in [0.2, 0.25) is 11.6 Å². The SMILES string of the molecule is CC(=O)OCC(=O)N1CCC2(CC1)OOC1(O2)C2CC3CC(C2)CC1C3. The monoisotopic (exact) mass is 365 g/mol. The molecule has 0 atom stereocenters. The fourth-order valence-electron chi connectivity index (χ4n) is 6.15. The first-order valence-corrected chi connectivity index (χ1v) is 9.96. The molecule has 1 amide bonds. The molecule has 4 saturated carbocycles. The van der Waals surface area contributed by atoms with Gasteiger partial charge in [-0.3, -0.25) is 9.59 Å². The highest BCUT2D eigenvalue weighted by Gasteiger charge is 2.66. The third kappa shape index (κ3) is 2.59. The van der Waals surface area contributed by atoms with E-state index < -0.39 is 17.5 Å². The normalized spacial score (nSPS) is 42.6. The molecule has 0 N–H and O–H groups in total. The molecule has 2 aliphatic heterocycles. The van der Waals surface area contributed by atoms with Crippen LogP contribution in [-0.4, -0.2) is 48.0 Å². The molecule has 7 heteroatoms. The van der Waals surface area contributed by atoms with Crippen LogP contribution in [0, 0.1) is 23.7 Å². The molecule has 2 spiro atoms. The summed E-state index contributed by atoms with van der Waals surface area (Å²) in [5.74, 6) is 0.679. The van der Waals surface area contributed by atoms with Crippen molar-refractivity contribution in [3.63, 3.8) is 0 Å². The molecule has 0 aromatic heterocycles. The Balaban J connectivity index is 1.23. The number of ether oxygens (including phenoxy) is 2. The number of likely N-dealkylation sites (tertiary alicyclic amines) is 1. The fraction of sp³-hybridized carbons (Fsp3) is 0.895. The minimum absolute atomic E-state index is 0.168. The largest absolute Gasteiger partial charge is 0.456 e. The van der Waals surface area contributed by atoms with Crippen LogP contribution in [0.2, 0.25) is 0 Å². The first kappa shape index (κ1) is 17.0. The van der Waals surface area contributed by atoms with Crippen molar-refractivity contribution in [3.8, 4) is 0 Å². The number of nitrogens with zero attached hydrogens (tertiary/aromatic N) is 1. The van der Waals surface area contributed by atoms with Crippen LogP contribution in [0.4, 0.5) is 0 Å². The smallest absolute Gasteiger partial charge is 0.303 e. The van der Waals surface area contributed by atoms with Gasteiger partial charge < -0.3 is 14.4 Å². The van der Waals surface area contributed by atoms with Crippen LogP contribution >= 0.6 is 0 Å². The van der Waals surface area contributed by atoms with Crippen LogP contribution in [0.5, 0.6) is 0 Å². The summed E-state index contributed by atoms with van der Waals surface area (Å²) in [6, 6.07) is 0. The predicted molar refractivity (Wildman–Crippen MR) is 88.2 cm³/mol. The van der Waals surface area contributed by atoms with E-state index in [2.05, 4.69) is 0 Å². The van der Waals surface area contributed by atoms with E-state index in [4.69, 9.17) is 19.2 Å². The Morgan fingerprint density at radius 2 is 1.62 bits per heavy atom. The molecule has 4 aliphatic carbocycles. The molecule has 2 heterocycles. The number of rotatable bonds is 2. The molecule has 6 fully saturated rings. The summed E-state index contributed by atoms with van der Waals surface area (Å²) in [7, 11) is 0. The molecule has 2 saturated heterocycles. The molecule has 7 nitrogen and oxygen atoms in total. The van der Waals surface area contributed by atoms with Gasteiger partial charge in [0.25, 0.3) is 5.91 Å². The average Bonchev–Trinajstić information content (AvgIpc) is 2.98. The van der Waals surface area contributed by atoms with Gasteiger partial charge in [-0.05, 0) is 43.9 Å². The number of esters is 1. The lowest BCUT2D eigenvalue weighted by atomic mass is 9.53. The Bertz CT molecular complexity index is 583. The van der Waals surface area contributed by atoms with Crippen molar-refractivity contribution < 1.29 is 28.8 Å². The van der Waals surface area contributed by atoms with Crippen molar-refractivity contribution in [1.29, 1.82) is 0 Å². The van der Waals surface area contributed by atoms with Gasteiger partial charge >= 0.3 is 5.97 Å². The zero-order valence-electron chi connectivity index (χ0n) is 15.3. The summed E-state index contributed by atoms with van der Waals surface area (Å²) in [6.07, 6.45) is 7.34. The van der Waals surface area contributed by atoms with Crippen LogP contribution in [0.1, 0.15) is 51.9 Å². The van der Waals surface area contributed by atoms with Gasteiger partial charge in [0.15, 0.2) is 6.61 Å². The van der Waals surface area contributed by atoms with Crippen molar-refractivity contribution in [3.05, 3.63) is 0 Å². The van der Waals surface area contributed by atoms with Crippen molar-refractivity contribution >= 4 is 11.9 Å². The van der Waals surface area contributed by atoms with E-state index in [0.717, 1.165) is 11.8 Å². The van der Waals surface area contributed by atoms with Gasteiger partial charge in [0.1, 0.15) is 0 Å². The molecular formula is C19H27NO6. The topological polar surface area (TPSA) is 74.3 Å². The molecule has 0 aromatic rings. The first-order chi connectivity index (χ1) is 12.5. The van der Waals surface area contributed by atoms with E-state index in [1.807, 2.05) is 0 Å². The molecule has 0 aromatic carbocycles. The summed E-state index contributed by atoms with van der Waals surface area (Å²) in [5, 5.41) is 0. The van der Waals surface area contributed by atoms with Crippen molar-refractivity contribution in [2.75, 3.05) is 19.7 Å². The molecule has 6 rings (SSSR count). The standard InChI is InChI=1S/C19H27NO6/c1-12(21)23-11-17(22)20-4-2-18(3-5-20)24-19(26-25-18)15-7-13-6-14(9-15)10-16(19)8-13/h13-16H,2-11H2,1H3. The summed E-state index contributed by atoms with van der Waals surface area (Å²) < 4.78 is 11.4. The van der Waals surface area contributed by atoms with Gasteiger partial charge in [-0.2, -0.15) is 9.78 Å². The minimum atomic E-state index is -0.729. The van der Waals surface area contributed by atoms with Gasteiger partial charge in [0.05, 0.1) is 0 Å². The maximum atomic E-state index is 12.1. The number of carbonyl (C=O) groups is 2. The van der Waals surface area contributed by atoms with Gasteiger partial charge in [-0.25, -0.2) is 0 Å². The molecule has 144 valence electrons. The van der Waals surface area contributed by atoms with E-state index in [1.165, 1.54) is 39.0 Å². The number of hydrogen-bond acceptors (Lipinski definition) is 6. The number of amides is 1. The lowest BCUT2D eigenvalue weighted by Crippen LogP contribution is -2.59. The number of carbonyl (C=O) groups excluding carboxylic acids is 2. The quantitative estimate of drug-likeness (QED) is 0.550. The van der Waals surface area contributed by atoms with E-state index in [-0.39, 0.29) is 12.5 Å². The lowest BCUT2D eigenvalue weighted by Gasteiger charge is -2.57. The Hall–Kier alpha value is -1.18. The fourth-order valence-corrected chi connectivity index (χ4v) is 6.15. The summed E-state index contributed by atoms with van der Waals surface area (Å²) in [4.78, 5) is 36.6. The van der Waals surface area contributed by atoms with E-state index in [9.17, 15) is 9.59 Å².